The summed E-state index contributed by atoms with van der Waals surface area (Å²) in [6, 6.07) is 0. The second kappa shape index (κ2) is 5.34. The van der Waals surface area contributed by atoms with Crippen LogP contribution in [-0.2, 0) is 12.1 Å². The maximum Gasteiger partial charge on any atom is 0.244 e. The Morgan fingerprint density at radius 3 is 2.40 bits per heavy atom. The molecular weight excluding hydrogens is 184 g/mol. The van der Waals surface area contributed by atoms with E-state index in [0.717, 1.165) is 6.54 Å². The molecule has 0 N–H and O–H groups in total. The van der Waals surface area contributed by atoms with Crippen LogP contribution in [0.25, 0.3) is 0 Å². The summed E-state index contributed by atoms with van der Waals surface area (Å²) in [5, 5.41) is 0. The Labute approximate surface area is 93.9 Å². The number of aromatic nitrogens is 2. The van der Waals surface area contributed by atoms with E-state index in [4.69, 9.17) is 0 Å². The monoisotopic (exact) mass is 209 g/mol. The Morgan fingerprint density at radius 2 is 1.87 bits per heavy atom. The normalized spacial score (nSPS) is 12.0. The van der Waals surface area contributed by atoms with Gasteiger partial charge in [-0.25, -0.2) is 9.13 Å². The van der Waals surface area contributed by atoms with Crippen LogP contribution in [-0.4, -0.2) is 4.57 Å². The van der Waals surface area contributed by atoms with E-state index in [1.54, 1.807) is 0 Å². The van der Waals surface area contributed by atoms with Gasteiger partial charge in [-0.2, -0.15) is 0 Å². The lowest BCUT2D eigenvalue weighted by Gasteiger charge is -2.13. The van der Waals surface area contributed by atoms with Crippen molar-refractivity contribution in [1.29, 1.82) is 0 Å². The van der Waals surface area contributed by atoms with Crippen LogP contribution in [0.2, 0.25) is 0 Å². The Balaban J connectivity index is 2.40. The van der Waals surface area contributed by atoms with Gasteiger partial charge in [0.15, 0.2) is 0 Å². The Morgan fingerprint density at radius 1 is 1.13 bits per heavy atom. The Bertz CT molecular complexity index is 281. The highest BCUT2D eigenvalue weighted by Gasteiger charge is 2.18. The Hall–Kier alpha value is -0.790. The molecule has 0 bridgehead atoms. The lowest BCUT2D eigenvalue weighted by Crippen LogP contribution is -2.48. The topological polar surface area (TPSA) is 8.81 Å². The largest absolute Gasteiger partial charge is 0.244 e. The summed E-state index contributed by atoms with van der Waals surface area (Å²) in [7, 11) is 0. The van der Waals surface area contributed by atoms with Gasteiger partial charge in [-0.1, -0.05) is 19.8 Å². The first-order valence-electron chi connectivity index (χ1n) is 6.11. The molecule has 86 valence electrons. The van der Waals surface area contributed by atoms with Crippen LogP contribution < -0.4 is 4.57 Å². The molecule has 1 rings (SSSR count). The summed E-state index contributed by atoms with van der Waals surface area (Å²) in [6.45, 7) is 10.1. The first-order chi connectivity index (χ1) is 7.04. The summed E-state index contributed by atoms with van der Waals surface area (Å²) in [5.41, 5.74) is 0.203. The standard InChI is InChI=1S/C13H25N2/c1-5-6-7-8-9-14-10-11-15(12-14)13(2,3)4/h10-12H,5-9H2,1-4H3/q+1. The molecule has 0 radical (unpaired) electrons. The highest BCUT2D eigenvalue weighted by Crippen LogP contribution is 2.05. The van der Waals surface area contributed by atoms with Crippen molar-refractivity contribution in [2.45, 2.75) is 65.5 Å². The van der Waals surface area contributed by atoms with Crippen LogP contribution in [0.3, 0.4) is 0 Å². The van der Waals surface area contributed by atoms with Gasteiger partial charge in [0.25, 0.3) is 0 Å². The summed E-state index contributed by atoms with van der Waals surface area (Å²) in [4.78, 5) is 0. The molecule has 0 atom stereocenters. The number of imidazole rings is 1. The van der Waals surface area contributed by atoms with E-state index in [9.17, 15) is 0 Å². The van der Waals surface area contributed by atoms with Crippen LogP contribution in [0.4, 0.5) is 0 Å². The highest BCUT2D eigenvalue weighted by molar-refractivity contribution is 4.68. The van der Waals surface area contributed by atoms with E-state index in [-0.39, 0.29) is 5.54 Å². The molecule has 0 aromatic carbocycles. The van der Waals surface area contributed by atoms with Crippen molar-refractivity contribution in [3.63, 3.8) is 0 Å². The number of nitrogens with zero attached hydrogens (tertiary/aromatic N) is 2. The number of unbranched alkanes of at least 4 members (excludes halogenated alkanes) is 3. The first-order valence-corrected chi connectivity index (χ1v) is 6.11. The summed E-state index contributed by atoms with van der Waals surface area (Å²) in [6.07, 6.45) is 11.9. The fourth-order valence-electron chi connectivity index (χ4n) is 1.64. The molecule has 15 heavy (non-hydrogen) atoms. The predicted octanol–water partition coefficient (Wildman–Crippen LogP) is 3.11. The van der Waals surface area contributed by atoms with E-state index >= 15 is 0 Å². The molecule has 0 fully saturated rings. The smallest absolute Gasteiger partial charge is 0.237 e. The molecule has 1 heterocycles. The van der Waals surface area contributed by atoms with Gasteiger partial charge in [-0.3, -0.25) is 0 Å². The second-order valence-corrected chi connectivity index (χ2v) is 5.29. The lowest BCUT2D eigenvalue weighted by atomic mass is 10.1. The van der Waals surface area contributed by atoms with Crippen molar-refractivity contribution in [1.82, 2.24) is 4.57 Å². The molecule has 0 amide bonds. The van der Waals surface area contributed by atoms with E-state index in [2.05, 4.69) is 55.6 Å². The summed E-state index contributed by atoms with van der Waals surface area (Å²) < 4.78 is 4.56. The van der Waals surface area contributed by atoms with Gasteiger partial charge in [-0.05, 0) is 33.6 Å². The third kappa shape index (κ3) is 4.06. The molecule has 0 saturated heterocycles. The molecule has 1 aromatic rings. The molecule has 0 aliphatic rings. The number of aryl methyl sites for hydroxylation is 1. The van der Waals surface area contributed by atoms with Gasteiger partial charge in [0.2, 0.25) is 6.33 Å². The quantitative estimate of drug-likeness (QED) is 0.520. The van der Waals surface area contributed by atoms with Crippen molar-refractivity contribution >= 4 is 0 Å². The van der Waals surface area contributed by atoms with Crippen LogP contribution in [0.15, 0.2) is 18.7 Å². The van der Waals surface area contributed by atoms with Crippen LogP contribution >= 0.6 is 0 Å². The van der Waals surface area contributed by atoms with E-state index in [0.29, 0.717) is 0 Å². The number of rotatable bonds is 5. The molecule has 0 unspecified atom stereocenters. The SMILES string of the molecule is CCCCCCn1cc[n+](C(C)(C)C)c1. The number of hydrogen-bond acceptors (Lipinski definition) is 0. The minimum absolute atomic E-state index is 0.203. The molecular formula is C13H25N2+. The highest BCUT2D eigenvalue weighted by atomic mass is 15.1. The van der Waals surface area contributed by atoms with Crippen molar-refractivity contribution in [3.8, 4) is 0 Å². The molecule has 0 aliphatic carbocycles. The maximum atomic E-state index is 2.29. The number of hydrogen-bond donors (Lipinski definition) is 0. The molecule has 2 heteroatoms. The summed E-state index contributed by atoms with van der Waals surface area (Å²) >= 11 is 0. The molecule has 0 aliphatic heterocycles. The van der Waals surface area contributed by atoms with Crippen LogP contribution in [0.1, 0.15) is 53.4 Å². The van der Waals surface area contributed by atoms with Crippen molar-refractivity contribution in [3.05, 3.63) is 18.7 Å². The lowest BCUT2D eigenvalue weighted by molar-refractivity contribution is -0.753. The predicted molar refractivity (Wildman–Crippen MR) is 63.8 cm³/mol. The fraction of sp³-hybridized carbons (Fsp3) is 0.769. The van der Waals surface area contributed by atoms with Crippen molar-refractivity contribution in [2.24, 2.45) is 0 Å². The molecule has 2 nitrogen and oxygen atoms in total. The van der Waals surface area contributed by atoms with Gasteiger partial charge in [0.1, 0.15) is 17.9 Å². The molecule has 1 aromatic heterocycles. The minimum atomic E-state index is 0.203. The van der Waals surface area contributed by atoms with E-state index < -0.39 is 0 Å². The third-order valence-electron chi connectivity index (χ3n) is 2.74. The molecule has 0 saturated carbocycles. The zero-order valence-electron chi connectivity index (χ0n) is 10.7. The minimum Gasteiger partial charge on any atom is -0.237 e. The van der Waals surface area contributed by atoms with Crippen molar-refractivity contribution in [2.75, 3.05) is 0 Å². The second-order valence-electron chi connectivity index (χ2n) is 5.29. The van der Waals surface area contributed by atoms with Gasteiger partial charge in [0.05, 0.1) is 6.54 Å². The maximum absolute atomic E-state index is 2.29. The fourth-order valence-corrected chi connectivity index (χ4v) is 1.64. The van der Waals surface area contributed by atoms with Crippen LogP contribution in [0.5, 0.6) is 0 Å². The van der Waals surface area contributed by atoms with Gasteiger partial charge in [-0.15, -0.1) is 0 Å². The zero-order chi connectivity index (χ0) is 11.3. The zero-order valence-corrected chi connectivity index (χ0v) is 10.7. The third-order valence-corrected chi connectivity index (χ3v) is 2.74. The molecule has 0 spiro atoms. The van der Waals surface area contributed by atoms with E-state index in [1.165, 1.54) is 25.7 Å². The summed E-state index contributed by atoms with van der Waals surface area (Å²) in [5.74, 6) is 0. The average Bonchev–Trinajstić information content (AvgIpc) is 2.60. The average molecular weight is 209 g/mol. The van der Waals surface area contributed by atoms with E-state index in [1.807, 2.05) is 0 Å². The van der Waals surface area contributed by atoms with Crippen molar-refractivity contribution < 1.29 is 4.57 Å². The Kier molecular flexibility index (Phi) is 4.37. The van der Waals surface area contributed by atoms with Gasteiger partial charge >= 0.3 is 0 Å². The first kappa shape index (κ1) is 12.3. The van der Waals surface area contributed by atoms with Gasteiger partial charge < -0.3 is 0 Å². The van der Waals surface area contributed by atoms with Crippen LogP contribution in [0, 0.1) is 0 Å². The van der Waals surface area contributed by atoms with Gasteiger partial charge in [0, 0.05) is 0 Å².